The third-order valence-electron chi connectivity index (χ3n) is 3.63. The molecule has 15 heavy (non-hydrogen) atoms. The number of carbonyl (C=O) groups is 1. The standard InChI is InChI=1S/C14H22O/c1-10-9-14(4,5)11(2)8-13(10)7-6-12(3)15/h6-7,9,11,13H,8H2,1-5H3/t11-,13-/m1/s1. The van der Waals surface area contributed by atoms with Crippen LogP contribution < -0.4 is 0 Å². The molecule has 0 spiro atoms. The number of rotatable bonds is 2. The maximum Gasteiger partial charge on any atom is 0.152 e. The molecule has 0 N–H and O–H groups in total. The quantitative estimate of drug-likeness (QED) is 0.496. The molecule has 0 heterocycles. The van der Waals surface area contributed by atoms with Crippen LogP contribution in [0.25, 0.3) is 0 Å². The van der Waals surface area contributed by atoms with Gasteiger partial charge in [0.1, 0.15) is 0 Å². The number of hydrogen-bond donors (Lipinski definition) is 0. The van der Waals surface area contributed by atoms with E-state index in [4.69, 9.17) is 0 Å². The first-order valence-corrected chi connectivity index (χ1v) is 5.71. The summed E-state index contributed by atoms with van der Waals surface area (Å²) < 4.78 is 0. The smallest absolute Gasteiger partial charge is 0.152 e. The van der Waals surface area contributed by atoms with Crippen molar-refractivity contribution in [1.82, 2.24) is 0 Å². The molecule has 0 bridgehead atoms. The van der Waals surface area contributed by atoms with Crippen molar-refractivity contribution in [1.29, 1.82) is 0 Å². The first-order valence-electron chi connectivity index (χ1n) is 5.71. The number of hydrogen-bond acceptors (Lipinski definition) is 1. The Kier molecular flexibility index (Phi) is 3.54. The van der Waals surface area contributed by atoms with Crippen LogP contribution in [0, 0.1) is 17.3 Å². The van der Waals surface area contributed by atoms with Crippen molar-refractivity contribution in [3.8, 4) is 0 Å². The third-order valence-corrected chi connectivity index (χ3v) is 3.63. The van der Waals surface area contributed by atoms with E-state index in [1.54, 1.807) is 13.0 Å². The molecule has 0 aromatic carbocycles. The molecular weight excluding hydrogens is 184 g/mol. The summed E-state index contributed by atoms with van der Waals surface area (Å²) in [5.74, 6) is 1.26. The predicted molar refractivity (Wildman–Crippen MR) is 64.6 cm³/mol. The summed E-state index contributed by atoms with van der Waals surface area (Å²) in [6, 6.07) is 0. The summed E-state index contributed by atoms with van der Waals surface area (Å²) in [4.78, 5) is 10.9. The minimum atomic E-state index is 0.139. The fourth-order valence-electron chi connectivity index (χ4n) is 2.19. The summed E-state index contributed by atoms with van der Waals surface area (Å²) in [6.45, 7) is 10.6. The highest BCUT2D eigenvalue weighted by Gasteiger charge is 2.30. The van der Waals surface area contributed by atoms with E-state index in [9.17, 15) is 4.79 Å². The maximum atomic E-state index is 10.9. The number of carbonyl (C=O) groups excluding carboxylic acids is 1. The second-order valence-electron chi connectivity index (χ2n) is 5.42. The van der Waals surface area contributed by atoms with Crippen molar-refractivity contribution >= 4 is 5.78 Å². The lowest BCUT2D eigenvalue weighted by Gasteiger charge is -2.37. The van der Waals surface area contributed by atoms with Gasteiger partial charge in [0, 0.05) is 0 Å². The molecule has 0 fully saturated rings. The molecule has 0 unspecified atom stereocenters. The maximum absolute atomic E-state index is 10.9. The molecule has 0 aromatic heterocycles. The lowest BCUT2D eigenvalue weighted by molar-refractivity contribution is -0.112. The first-order chi connectivity index (χ1) is 6.83. The Hall–Kier alpha value is -0.850. The number of ketones is 1. The van der Waals surface area contributed by atoms with Crippen molar-refractivity contribution in [3.05, 3.63) is 23.8 Å². The highest BCUT2D eigenvalue weighted by molar-refractivity contribution is 5.87. The number of allylic oxidation sites excluding steroid dienone is 4. The average Bonchev–Trinajstić information content (AvgIpc) is 2.08. The molecule has 0 saturated carbocycles. The van der Waals surface area contributed by atoms with E-state index in [1.807, 2.05) is 0 Å². The summed E-state index contributed by atoms with van der Waals surface area (Å²) in [5.41, 5.74) is 1.69. The zero-order valence-corrected chi connectivity index (χ0v) is 10.5. The van der Waals surface area contributed by atoms with Crippen LogP contribution in [0.4, 0.5) is 0 Å². The zero-order valence-electron chi connectivity index (χ0n) is 10.5. The van der Waals surface area contributed by atoms with Crippen LogP contribution in [0.5, 0.6) is 0 Å². The van der Waals surface area contributed by atoms with E-state index < -0.39 is 0 Å². The van der Waals surface area contributed by atoms with Crippen molar-refractivity contribution in [2.24, 2.45) is 17.3 Å². The summed E-state index contributed by atoms with van der Waals surface area (Å²) in [6.07, 6.45) is 7.27. The van der Waals surface area contributed by atoms with Crippen LogP contribution in [0.2, 0.25) is 0 Å². The summed E-state index contributed by atoms with van der Waals surface area (Å²) in [5, 5.41) is 0. The lowest BCUT2D eigenvalue weighted by atomic mass is 9.68. The Morgan fingerprint density at radius 2 is 2.13 bits per heavy atom. The Balaban J connectivity index is 2.84. The van der Waals surface area contributed by atoms with Crippen LogP contribution in [0.15, 0.2) is 23.8 Å². The van der Waals surface area contributed by atoms with Gasteiger partial charge in [-0.25, -0.2) is 0 Å². The molecule has 1 nitrogen and oxygen atoms in total. The van der Waals surface area contributed by atoms with Crippen LogP contribution in [0.3, 0.4) is 0 Å². The van der Waals surface area contributed by atoms with Gasteiger partial charge < -0.3 is 0 Å². The van der Waals surface area contributed by atoms with Crippen molar-refractivity contribution in [3.63, 3.8) is 0 Å². The predicted octanol–water partition coefficient (Wildman–Crippen LogP) is 3.76. The van der Waals surface area contributed by atoms with Gasteiger partial charge in [0.05, 0.1) is 0 Å². The van der Waals surface area contributed by atoms with Crippen molar-refractivity contribution in [2.45, 2.75) is 41.0 Å². The molecule has 0 aliphatic heterocycles. The average molecular weight is 206 g/mol. The normalized spacial score (nSPS) is 30.3. The van der Waals surface area contributed by atoms with E-state index in [-0.39, 0.29) is 5.78 Å². The Morgan fingerprint density at radius 1 is 1.53 bits per heavy atom. The fraction of sp³-hybridized carbons (Fsp3) is 0.643. The van der Waals surface area contributed by atoms with E-state index >= 15 is 0 Å². The van der Waals surface area contributed by atoms with Gasteiger partial charge in [0.15, 0.2) is 5.78 Å². The van der Waals surface area contributed by atoms with Gasteiger partial charge in [0.2, 0.25) is 0 Å². The van der Waals surface area contributed by atoms with Gasteiger partial charge >= 0.3 is 0 Å². The SMILES string of the molecule is CC(=O)C=C[C@@H]1C[C@@H](C)C(C)(C)C=C1C. The largest absolute Gasteiger partial charge is 0.295 e. The van der Waals surface area contributed by atoms with E-state index in [1.165, 1.54) is 5.57 Å². The van der Waals surface area contributed by atoms with Gasteiger partial charge in [-0.2, -0.15) is 0 Å². The molecule has 2 atom stereocenters. The van der Waals surface area contributed by atoms with Crippen LogP contribution in [-0.2, 0) is 4.79 Å². The molecule has 0 aromatic rings. The Morgan fingerprint density at radius 3 is 2.67 bits per heavy atom. The van der Waals surface area contributed by atoms with E-state index in [2.05, 4.69) is 39.8 Å². The second-order valence-corrected chi connectivity index (χ2v) is 5.42. The zero-order chi connectivity index (χ0) is 11.6. The molecule has 1 aliphatic rings. The Labute approximate surface area is 93.3 Å². The molecule has 0 saturated heterocycles. The highest BCUT2D eigenvalue weighted by atomic mass is 16.1. The third kappa shape index (κ3) is 3.05. The highest BCUT2D eigenvalue weighted by Crippen LogP contribution is 2.41. The van der Waals surface area contributed by atoms with Crippen molar-refractivity contribution in [2.75, 3.05) is 0 Å². The topological polar surface area (TPSA) is 17.1 Å². The fourth-order valence-corrected chi connectivity index (χ4v) is 2.19. The van der Waals surface area contributed by atoms with Crippen LogP contribution in [0.1, 0.15) is 41.0 Å². The first kappa shape index (κ1) is 12.2. The van der Waals surface area contributed by atoms with Crippen molar-refractivity contribution < 1.29 is 4.79 Å². The summed E-state index contributed by atoms with van der Waals surface area (Å²) >= 11 is 0. The van der Waals surface area contributed by atoms with Gasteiger partial charge in [-0.15, -0.1) is 0 Å². The van der Waals surface area contributed by atoms with Gasteiger partial charge in [-0.3, -0.25) is 4.79 Å². The monoisotopic (exact) mass is 206 g/mol. The van der Waals surface area contributed by atoms with Crippen LogP contribution >= 0.6 is 0 Å². The molecule has 0 radical (unpaired) electrons. The minimum Gasteiger partial charge on any atom is -0.295 e. The molecule has 84 valence electrons. The molecule has 0 amide bonds. The lowest BCUT2D eigenvalue weighted by Crippen LogP contribution is -2.27. The summed E-state index contributed by atoms with van der Waals surface area (Å²) in [7, 11) is 0. The molecule has 1 aliphatic carbocycles. The van der Waals surface area contributed by atoms with Gasteiger partial charge in [-0.05, 0) is 43.6 Å². The molecule has 1 rings (SSSR count). The Bertz CT molecular complexity index is 307. The van der Waals surface area contributed by atoms with E-state index in [0.717, 1.165) is 6.42 Å². The minimum absolute atomic E-state index is 0.139. The second kappa shape index (κ2) is 4.34. The van der Waals surface area contributed by atoms with E-state index in [0.29, 0.717) is 17.3 Å². The molecule has 1 heteroatoms. The van der Waals surface area contributed by atoms with Gasteiger partial charge in [-0.1, -0.05) is 38.5 Å². The van der Waals surface area contributed by atoms with Gasteiger partial charge in [0.25, 0.3) is 0 Å². The van der Waals surface area contributed by atoms with Crippen LogP contribution in [-0.4, -0.2) is 5.78 Å². The molecular formula is C14H22O.